The van der Waals surface area contributed by atoms with Crippen molar-refractivity contribution in [2.45, 2.75) is 40.0 Å². The SMILES string of the molecule is CCCC[C@H](C)[C@@H](C)C(=O)OC. The van der Waals surface area contributed by atoms with Gasteiger partial charge in [-0.1, -0.05) is 33.6 Å². The summed E-state index contributed by atoms with van der Waals surface area (Å²) in [6, 6.07) is 0. The van der Waals surface area contributed by atoms with Crippen LogP contribution in [0.15, 0.2) is 0 Å². The van der Waals surface area contributed by atoms with Crippen LogP contribution >= 0.6 is 0 Å². The summed E-state index contributed by atoms with van der Waals surface area (Å²) in [5.74, 6) is 0.401. The van der Waals surface area contributed by atoms with Gasteiger partial charge in [-0.2, -0.15) is 0 Å². The number of ether oxygens (including phenoxy) is 1. The molecule has 72 valence electrons. The van der Waals surface area contributed by atoms with Crippen LogP contribution in [-0.2, 0) is 9.53 Å². The number of carbonyl (C=O) groups is 1. The number of hydrogen-bond acceptors (Lipinski definition) is 2. The van der Waals surface area contributed by atoms with Crippen molar-refractivity contribution in [3.63, 3.8) is 0 Å². The molecule has 0 aliphatic carbocycles. The predicted octanol–water partition coefficient (Wildman–Crippen LogP) is 2.62. The lowest BCUT2D eigenvalue weighted by atomic mass is 9.91. The van der Waals surface area contributed by atoms with Crippen molar-refractivity contribution < 1.29 is 9.53 Å². The molecule has 0 bridgehead atoms. The van der Waals surface area contributed by atoms with Crippen molar-refractivity contribution in [1.29, 1.82) is 0 Å². The summed E-state index contributed by atoms with van der Waals surface area (Å²) >= 11 is 0. The zero-order chi connectivity index (χ0) is 9.56. The molecular formula is C10H20O2. The maximum Gasteiger partial charge on any atom is 0.308 e. The van der Waals surface area contributed by atoms with E-state index in [0.29, 0.717) is 5.92 Å². The van der Waals surface area contributed by atoms with Gasteiger partial charge in [-0.05, 0) is 12.3 Å². The fourth-order valence-corrected chi connectivity index (χ4v) is 1.19. The highest BCUT2D eigenvalue weighted by Gasteiger charge is 2.19. The van der Waals surface area contributed by atoms with E-state index in [9.17, 15) is 4.79 Å². The fourth-order valence-electron chi connectivity index (χ4n) is 1.19. The number of carbonyl (C=O) groups excluding carboxylic acids is 1. The Morgan fingerprint density at radius 2 is 2.00 bits per heavy atom. The Morgan fingerprint density at radius 1 is 1.42 bits per heavy atom. The Balaban J connectivity index is 3.75. The predicted molar refractivity (Wildman–Crippen MR) is 49.9 cm³/mol. The molecule has 0 heterocycles. The van der Waals surface area contributed by atoms with E-state index in [1.165, 1.54) is 20.0 Å². The first-order valence-corrected chi connectivity index (χ1v) is 4.71. The lowest BCUT2D eigenvalue weighted by Gasteiger charge is -2.16. The van der Waals surface area contributed by atoms with Crippen molar-refractivity contribution in [2.24, 2.45) is 11.8 Å². The molecule has 0 aromatic rings. The van der Waals surface area contributed by atoms with Gasteiger partial charge in [-0.3, -0.25) is 4.79 Å². The van der Waals surface area contributed by atoms with E-state index in [2.05, 4.69) is 18.6 Å². The van der Waals surface area contributed by atoms with Crippen LogP contribution in [-0.4, -0.2) is 13.1 Å². The summed E-state index contributed by atoms with van der Waals surface area (Å²) in [5, 5.41) is 0. The lowest BCUT2D eigenvalue weighted by Crippen LogP contribution is -2.20. The number of unbranched alkanes of at least 4 members (excludes halogenated alkanes) is 1. The van der Waals surface area contributed by atoms with Gasteiger partial charge in [0.25, 0.3) is 0 Å². The lowest BCUT2D eigenvalue weighted by molar-refractivity contribution is -0.146. The highest BCUT2D eigenvalue weighted by Crippen LogP contribution is 2.18. The van der Waals surface area contributed by atoms with Gasteiger partial charge in [0, 0.05) is 0 Å². The first kappa shape index (κ1) is 11.5. The molecule has 0 rings (SSSR count). The minimum atomic E-state index is -0.0846. The Hall–Kier alpha value is -0.530. The molecule has 0 saturated heterocycles. The van der Waals surface area contributed by atoms with Crippen LogP contribution in [0.4, 0.5) is 0 Å². The largest absolute Gasteiger partial charge is 0.469 e. The number of methoxy groups -OCH3 is 1. The molecule has 0 aliphatic rings. The average Bonchev–Trinajstić information content (AvgIpc) is 2.11. The average molecular weight is 172 g/mol. The molecule has 0 aliphatic heterocycles. The third-order valence-electron chi connectivity index (χ3n) is 2.44. The summed E-state index contributed by atoms with van der Waals surface area (Å²) in [4.78, 5) is 11.1. The van der Waals surface area contributed by atoms with Crippen molar-refractivity contribution >= 4 is 5.97 Å². The summed E-state index contributed by atoms with van der Waals surface area (Å²) in [7, 11) is 1.45. The van der Waals surface area contributed by atoms with Crippen molar-refractivity contribution in [3.05, 3.63) is 0 Å². The van der Waals surface area contributed by atoms with Gasteiger partial charge in [-0.15, -0.1) is 0 Å². The third-order valence-corrected chi connectivity index (χ3v) is 2.44. The molecule has 2 nitrogen and oxygen atoms in total. The molecule has 0 unspecified atom stereocenters. The van der Waals surface area contributed by atoms with Gasteiger partial charge < -0.3 is 4.74 Å². The number of rotatable bonds is 5. The Kier molecular flexibility index (Phi) is 5.77. The Bertz CT molecular complexity index is 132. The molecule has 2 atom stereocenters. The van der Waals surface area contributed by atoms with Crippen LogP contribution in [0.1, 0.15) is 40.0 Å². The van der Waals surface area contributed by atoms with Crippen LogP contribution in [0.2, 0.25) is 0 Å². The molecule has 0 aromatic carbocycles. The molecule has 0 N–H and O–H groups in total. The minimum absolute atomic E-state index is 0.0431. The third kappa shape index (κ3) is 3.74. The molecule has 0 fully saturated rings. The number of esters is 1. The van der Waals surface area contributed by atoms with Crippen molar-refractivity contribution in [3.8, 4) is 0 Å². The molecular weight excluding hydrogens is 152 g/mol. The minimum Gasteiger partial charge on any atom is -0.469 e. The summed E-state index contributed by atoms with van der Waals surface area (Å²) < 4.78 is 4.67. The second-order valence-corrected chi connectivity index (χ2v) is 3.43. The summed E-state index contributed by atoms with van der Waals surface area (Å²) in [6.07, 6.45) is 3.51. The van der Waals surface area contributed by atoms with Crippen LogP contribution in [0.25, 0.3) is 0 Å². The first-order chi connectivity index (χ1) is 5.63. The maximum absolute atomic E-state index is 11.1. The molecule has 2 heteroatoms. The van der Waals surface area contributed by atoms with E-state index < -0.39 is 0 Å². The van der Waals surface area contributed by atoms with Crippen LogP contribution in [0, 0.1) is 11.8 Å². The van der Waals surface area contributed by atoms with Gasteiger partial charge in [0.2, 0.25) is 0 Å². The van der Waals surface area contributed by atoms with Gasteiger partial charge >= 0.3 is 5.97 Å². The summed E-state index contributed by atoms with van der Waals surface area (Å²) in [6.45, 7) is 6.21. The molecule has 0 spiro atoms. The van der Waals surface area contributed by atoms with Crippen molar-refractivity contribution in [2.75, 3.05) is 7.11 Å². The van der Waals surface area contributed by atoms with E-state index in [0.717, 1.165) is 6.42 Å². The van der Waals surface area contributed by atoms with E-state index in [-0.39, 0.29) is 11.9 Å². The molecule has 0 aromatic heterocycles. The monoisotopic (exact) mass is 172 g/mol. The van der Waals surface area contributed by atoms with E-state index in [1.54, 1.807) is 0 Å². The zero-order valence-electron chi connectivity index (χ0n) is 8.59. The summed E-state index contributed by atoms with van der Waals surface area (Å²) in [5.41, 5.74) is 0. The molecule has 0 radical (unpaired) electrons. The Morgan fingerprint density at radius 3 is 2.42 bits per heavy atom. The highest BCUT2D eigenvalue weighted by molar-refractivity contribution is 5.72. The van der Waals surface area contributed by atoms with Crippen LogP contribution in [0.3, 0.4) is 0 Å². The van der Waals surface area contributed by atoms with Crippen LogP contribution in [0.5, 0.6) is 0 Å². The highest BCUT2D eigenvalue weighted by atomic mass is 16.5. The second kappa shape index (κ2) is 6.04. The van der Waals surface area contributed by atoms with Crippen LogP contribution < -0.4 is 0 Å². The van der Waals surface area contributed by atoms with Gasteiger partial charge in [0.15, 0.2) is 0 Å². The normalized spacial score (nSPS) is 15.3. The number of hydrogen-bond donors (Lipinski definition) is 0. The van der Waals surface area contributed by atoms with Gasteiger partial charge in [-0.25, -0.2) is 0 Å². The topological polar surface area (TPSA) is 26.3 Å². The van der Waals surface area contributed by atoms with E-state index in [4.69, 9.17) is 0 Å². The van der Waals surface area contributed by atoms with E-state index in [1.807, 2.05) is 6.92 Å². The molecule has 0 amide bonds. The fraction of sp³-hybridized carbons (Fsp3) is 0.900. The maximum atomic E-state index is 11.1. The quantitative estimate of drug-likeness (QED) is 0.596. The van der Waals surface area contributed by atoms with Gasteiger partial charge in [0.05, 0.1) is 13.0 Å². The second-order valence-electron chi connectivity index (χ2n) is 3.43. The van der Waals surface area contributed by atoms with Crippen molar-refractivity contribution in [1.82, 2.24) is 0 Å². The molecule has 12 heavy (non-hydrogen) atoms. The standard InChI is InChI=1S/C10H20O2/c1-5-6-7-8(2)9(3)10(11)12-4/h8-9H,5-7H2,1-4H3/t8-,9+/m0/s1. The molecule has 0 saturated carbocycles. The van der Waals surface area contributed by atoms with E-state index >= 15 is 0 Å². The Labute approximate surface area is 75.3 Å². The zero-order valence-corrected chi connectivity index (χ0v) is 8.59. The smallest absolute Gasteiger partial charge is 0.308 e. The first-order valence-electron chi connectivity index (χ1n) is 4.71. The van der Waals surface area contributed by atoms with Gasteiger partial charge in [0.1, 0.15) is 0 Å².